The number of hydrogen-bond acceptors (Lipinski definition) is 7. The van der Waals surface area contributed by atoms with Gasteiger partial charge in [-0.05, 0) is 0 Å². The van der Waals surface area contributed by atoms with E-state index >= 15 is 0 Å². The smallest absolute Gasteiger partial charge is 0.870 e. The van der Waals surface area contributed by atoms with Crippen molar-refractivity contribution in [2.24, 2.45) is 0 Å². The van der Waals surface area contributed by atoms with Gasteiger partial charge < -0.3 is 5.48 Å². The van der Waals surface area contributed by atoms with Gasteiger partial charge in [0.15, 0.2) is 0 Å². The van der Waals surface area contributed by atoms with E-state index in [-0.39, 0.29) is 30.3 Å². The van der Waals surface area contributed by atoms with Crippen LogP contribution < -0.4 is 0 Å². The molecule has 0 spiro atoms. The summed E-state index contributed by atoms with van der Waals surface area (Å²) in [6, 6.07) is 24.2. The van der Waals surface area contributed by atoms with Crippen molar-refractivity contribution in [2.75, 3.05) is 0 Å². The van der Waals surface area contributed by atoms with Crippen LogP contribution >= 0.6 is 67.9 Å². The van der Waals surface area contributed by atoms with Crippen LogP contribution in [-0.2, 0) is 30.0 Å². The van der Waals surface area contributed by atoms with Gasteiger partial charge in [-0.2, -0.15) is 0 Å². The van der Waals surface area contributed by atoms with Crippen molar-refractivity contribution in [1.29, 1.82) is 0 Å². The molecule has 10 heteroatoms. The normalized spacial score (nSPS) is 10.2. The van der Waals surface area contributed by atoms with Gasteiger partial charge in [0, 0.05) is 0 Å². The first-order valence-electron chi connectivity index (χ1n) is 9.87. The van der Waals surface area contributed by atoms with Gasteiger partial charge in [0.05, 0.1) is 0 Å². The van der Waals surface area contributed by atoms with Gasteiger partial charge >= 0.3 is 236 Å². The minimum atomic E-state index is -1.19. The van der Waals surface area contributed by atoms with Gasteiger partial charge in [-0.15, -0.1) is 0 Å². The van der Waals surface area contributed by atoms with Crippen LogP contribution in [0.25, 0.3) is 20.9 Å². The van der Waals surface area contributed by atoms with E-state index in [1.807, 2.05) is 72.8 Å². The first kappa shape index (κ1) is 27.3. The zero-order chi connectivity index (χ0) is 23.2. The topological polar surface area (TPSA) is 82.6 Å². The van der Waals surface area contributed by atoms with Crippen molar-refractivity contribution in [3.05, 3.63) is 89.7 Å². The van der Waals surface area contributed by atoms with Crippen LogP contribution in [0.5, 0.6) is 0 Å². The molecule has 0 fully saturated rings. The molecule has 0 saturated carbocycles. The number of hydrogen-bond donors (Lipinski definition) is 0. The fourth-order valence-electron chi connectivity index (χ4n) is 3.07. The molecule has 0 unspecified atom stereocenters. The minimum Gasteiger partial charge on any atom is -0.870 e. The Kier molecular flexibility index (Phi) is 10.6. The molecule has 0 amide bonds. The minimum absolute atomic E-state index is 0. The second-order valence-corrected chi connectivity index (χ2v) is 13.4. The number of carbonyl (C=O) groups is 2. The quantitative estimate of drug-likeness (QED) is 0.151. The summed E-state index contributed by atoms with van der Waals surface area (Å²) in [5.41, 5.74) is 4.10. The summed E-state index contributed by atoms with van der Waals surface area (Å²) in [6.45, 7) is 0. The Labute approximate surface area is 239 Å². The van der Waals surface area contributed by atoms with Crippen molar-refractivity contribution in [3.8, 4) is 20.9 Å². The third-order valence-electron chi connectivity index (χ3n) is 4.66. The first-order valence-corrected chi connectivity index (χ1v) is 14.6. The van der Waals surface area contributed by atoms with E-state index in [4.69, 9.17) is 7.58 Å². The average molecular weight is 730 g/mol. The zero-order valence-corrected chi connectivity index (χ0v) is 24.7. The van der Waals surface area contributed by atoms with Crippen LogP contribution in [0.2, 0.25) is 0 Å². The molecule has 0 aliphatic heterocycles. The van der Waals surface area contributed by atoms with Crippen molar-refractivity contribution in [3.63, 3.8) is 0 Å². The fraction of sp³-hybridized carbons (Fsp3) is 0.0833. The SMILES string of the molecule is O=C(Cc1cc(-c2ccccc2)sc1I)[O][Al+][O]C(=O)Cc1cc(-c2ccccc2)sc1I.[OH-]. The molecule has 4 aromatic rings. The maximum Gasteiger partial charge on any atom is -0.870 e. The maximum atomic E-state index is 12.3. The Morgan fingerprint density at radius 1 is 0.706 bits per heavy atom. The van der Waals surface area contributed by atoms with Crippen molar-refractivity contribution in [1.82, 2.24) is 0 Å². The summed E-state index contributed by atoms with van der Waals surface area (Å²) in [4.78, 5) is 26.8. The molecule has 4 rings (SSSR count). The van der Waals surface area contributed by atoms with Crippen LogP contribution in [0.3, 0.4) is 0 Å². The predicted molar refractivity (Wildman–Crippen MR) is 152 cm³/mol. The third kappa shape index (κ3) is 7.37. The Morgan fingerprint density at radius 2 is 1.09 bits per heavy atom. The van der Waals surface area contributed by atoms with E-state index in [1.54, 1.807) is 22.7 Å². The zero-order valence-electron chi connectivity index (χ0n) is 17.6. The van der Waals surface area contributed by atoms with Crippen LogP contribution in [0.15, 0.2) is 72.8 Å². The van der Waals surface area contributed by atoms with Gasteiger partial charge in [-0.1, -0.05) is 0 Å². The average Bonchev–Trinajstić information content (AvgIpc) is 3.37. The molecule has 5 nitrogen and oxygen atoms in total. The molecule has 0 saturated heterocycles. The van der Waals surface area contributed by atoms with Crippen molar-refractivity contribution in [2.45, 2.75) is 12.8 Å². The maximum absolute atomic E-state index is 12.3. The van der Waals surface area contributed by atoms with E-state index in [1.165, 1.54) is 0 Å². The summed E-state index contributed by atoms with van der Waals surface area (Å²) in [7, 11) is 0. The number of halogens is 2. The second kappa shape index (κ2) is 13.2. The van der Waals surface area contributed by atoms with E-state index in [0.717, 1.165) is 37.8 Å². The molecule has 0 aliphatic carbocycles. The molecular weight excluding hydrogens is 713 g/mol. The molecule has 0 atom stereocenters. The first-order chi connectivity index (χ1) is 16.0. The second-order valence-electron chi connectivity index (χ2n) is 6.98. The summed E-state index contributed by atoms with van der Waals surface area (Å²) < 4.78 is 12.6. The number of carbonyl (C=O) groups excluding carboxylic acids is 2. The summed E-state index contributed by atoms with van der Waals surface area (Å²) in [5.74, 6) is -0.769. The molecule has 2 heterocycles. The number of rotatable bonds is 8. The van der Waals surface area contributed by atoms with Crippen molar-refractivity contribution >= 4 is 95.7 Å². The van der Waals surface area contributed by atoms with Gasteiger partial charge in [0.1, 0.15) is 0 Å². The number of thiophene rings is 2. The Morgan fingerprint density at radius 3 is 1.47 bits per heavy atom. The van der Waals surface area contributed by atoms with Crippen molar-refractivity contribution < 1.29 is 22.6 Å². The van der Waals surface area contributed by atoms with E-state index in [9.17, 15) is 9.59 Å². The van der Waals surface area contributed by atoms with Crippen LogP contribution in [-0.4, -0.2) is 33.3 Å². The largest absolute Gasteiger partial charge is 0.870 e. The van der Waals surface area contributed by atoms with Gasteiger partial charge in [0.25, 0.3) is 0 Å². The molecule has 172 valence electrons. The standard InChI is InChI=1S/2C12H9IO2S.Al.H2O/c2*13-12-9(7-11(14)15)6-10(16-12)8-4-2-1-3-5-8;;/h2*1-6H,7H2,(H,14,15);;1H2/q;;+3;/p-3. The molecular formula is C24H17AlI2O5S2. The molecule has 34 heavy (non-hydrogen) atoms. The summed E-state index contributed by atoms with van der Waals surface area (Å²) in [5, 5.41) is 0. The van der Waals surface area contributed by atoms with E-state index in [2.05, 4.69) is 45.2 Å². The number of benzene rings is 2. The van der Waals surface area contributed by atoms with Gasteiger partial charge in [-0.3, -0.25) is 0 Å². The molecule has 0 aliphatic rings. The van der Waals surface area contributed by atoms with Crippen LogP contribution in [0.4, 0.5) is 0 Å². The van der Waals surface area contributed by atoms with Crippen LogP contribution in [0, 0.1) is 5.77 Å². The molecule has 0 radical (unpaired) electrons. The Hall–Kier alpha value is -1.27. The Balaban J connectivity index is 0.00000324. The predicted octanol–water partition coefficient (Wildman–Crippen LogP) is 6.58. The fourth-order valence-corrected chi connectivity index (χ4v) is 7.44. The third-order valence-corrected chi connectivity index (χ3v) is 10.1. The summed E-state index contributed by atoms with van der Waals surface area (Å²) in [6.07, 6.45) is 0.323. The summed E-state index contributed by atoms with van der Waals surface area (Å²) >= 11 is 6.58. The van der Waals surface area contributed by atoms with E-state index < -0.39 is 15.9 Å². The van der Waals surface area contributed by atoms with Gasteiger partial charge in [-0.25, -0.2) is 0 Å². The monoisotopic (exact) mass is 730 g/mol. The Bertz CT molecular complexity index is 1160. The van der Waals surface area contributed by atoms with Crippen LogP contribution in [0.1, 0.15) is 11.1 Å². The van der Waals surface area contributed by atoms with E-state index in [0.29, 0.717) is 0 Å². The molecule has 2 aromatic heterocycles. The molecule has 1 N–H and O–H groups in total. The molecule has 2 aromatic carbocycles. The molecule has 0 bridgehead atoms. The van der Waals surface area contributed by atoms with Gasteiger partial charge in [0.2, 0.25) is 0 Å².